The Kier molecular flexibility index (Phi) is 24.3. The fourth-order valence-corrected chi connectivity index (χ4v) is 7.19. The predicted octanol–water partition coefficient (Wildman–Crippen LogP) is 9.24. The molecule has 0 N–H and O–H groups in total. The summed E-state index contributed by atoms with van der Waals surface area (Å²) >= 11 is 0. The van der Waals surface area contributed by atoms with Crippen LogP contribution in [0.3, 0.4) is 0 Å². The van der Waals surface area contributed by atoms with Gasteiger partial charge in [0.25, 0.3) is 0 Å². The van der Waals surface area contributed by atoms with Crippen molar-refractivity contribution < 1.29 is 42.5 Å². The number of unbranched alkanes of at least 4 members (excludes halogenated alkanes) is 22. The van der Waals surface area contributed by atoms with E-state index >= 15 is 0 Å². The van der Waals surface area contributed by atoms with Crippen LogP contribution in [-0.4, -0.2) is 13.0 Å². The molecule has 0 aliphatic rings. The molecule has 2 aromatic carbocycles. The summed E-state index contributed by atoms with van der Waals surface area (Å²) in [5.41, 5.74) is 1.98. The van der Waals surface area contributed by atoms with Crippen LogP contribution >= 0.6 is 0 Å². The van der Waals surface area contributed by atoms with Crippen molar-refractivity contribution in [3.8, 4) is 0 Å². The van der Waals surface area contributed by atoms with Crippen LogP contribution < -0.4 is 29.6 Å². The van der Waals surface area contributed by atoms with Crippen molar-refractivity contribution in [1.29, 1.82) is 0 Å². The minimum absolute atomic E-state index is 0. The molecule has 0 aliphatic carbocycles. The number of hydrogen-bond donors (Lipinski definition) is 0. The van der Waals surface area contributed by atoms with Crippen LogP contribution in [0.5, 0.6) is 0 Å². The number of hydrogen-bond acceptors (Lipinski definition) is 3. The molecule has 43 heavy (non-hydrogen) atoms. The first-order chi connectivity index (χ1) is 20.5. The maximum Gasteiger partial charge on any atom is 1.00 e. The van der Waals surface area contributed by atoms with Crippen molar-refractivity contribution in [2.24, 2.45) is 0 Å². The Morgan fingerprint density at radius 2 is 0.930 bits per heavy atom. The molecule has 240 valence electrons. The van der Waals surface area contributed by atoms with Crippen LogP contribution in [0.4, 0.5) is 0 Å². The van der Waals surface area contributed by atoms with Gasteiger partial charge in [0, 0.05) is 5.39 Å². The van der Waals surface area contributed by atoms with Gasteiger partial charge >= 0.3 is 29.6 Å². The van der Waals surface area contributed by atoms with Gasteiger partial charge in [-0.2, -0.15) is 0 Å². The van der Waals surface area contributed by atoms with Gasteiger partial charge in [-0.3, -0.25) is 0 Å². The summed E-state index contributed by atoms with van der Waals surface area (Å²) in [4.78, 5) is -0.0107. The third-order valence-electron chi connectivity index (χ3n) is 8.97. The fourth-order valence-electron chi connectivity index (χ4n) is 6.40. The molecule has 0 heterocycles. The van der Waals surface area contributed by atoms with E-state index in [0.717, 1.165) is 55.0 Å². The third-order valence-corrected chi connectivity index (χ3v) is 9.84. The predicted molar refractivity (Wildman–Crippen MR) is 181 cm³/mol. The maximum absolute atomic E-state index is 12.3. The summed E-state index contributed by atoms with van der Waals surface area (Å²) in [5.74, 6) is 0. The van der Waals surface area contributed by atoms with E-state index in [1.807, 2.05) is 18.2 Å². The van der Waals surface area contributed by atoms with Crippen LogP contribution in [0.1, 0.15) is 179 Å². The Balaban J connectivity index is 0.00000924. The second-order valence-corrected chi connectivity index (χ2v) is 14.2. The first kappa shape index (κ1) is 40.6. The van der Waals surface area contributed by atoms with Crippen LogP contribution in [0.15, 0.2) is 35.2 Å². The van der Waals surface area contributed by atoms with Crippen molar-refractivity contribution in [3.63, 3.8) is 0 Å². The van der Waals surface area contributed by atoms with Crippen LogP contribution in [0.25, 0.3) is 10.8 Å². The summed E-state index contributed by atoms with van der Waals surface area (Å²) < 4.78 is 37.0. The van der Waals surface area contributed by atoms with Gasteiger partial charge < -0.3 is 4.55 Å². The SMILES string of the molecule is CCCCCCCCCCCCCCc1cc(S(=O)(=O)[O-])c2c(CCCCCCCCCCCCCC)cccc2c1.[Na+]. The second kappa shape index (κ2) is 25.8. The van der Waals surface area contributed by atoms with Gasteiger partial charge in [-0.1, -0.05) is 179 Å². The molecule has 5 heteroatoms. The number of rotatable bonds is 27. The molecule has 0 bridgehead atoms. The van der Waals surface area contributed by atoms with E-state index in [4.69, 9.17) is 0 Å². The summed E-state index contributed by atoms with van der Waals surface area (Å²) in [6.07, 6.45) is 32.9. The molecular formula is C38H63NaO3S. The molecule has 0 spiro atoms. The number of fused-ring (bicyclic) bond motifs is 1. The molecule has 0 amide bonds. The van der Waals surface area contributed by atoms with E-state index < -0.39 is 10.1 Å². The Morgan fingerprint density at radius 1 is 0.535 bits per heavy atom. The number of aryl methyl sites for hydroxylation is 2. The zero-order chi connectivity index (χ0) is 30.3. The van der Waals surface area contributed by atoms with Gasteiger partial charge in [-0.15, -0.1) is 0 Å². The molecule has 0 aromatic heterocycles. The molecule has 2 aromatic rings. The summed E-state index contributed by atoms with van der Waals surface area (Å²) in [5, 5.41) is 1.56. The zero-order valence-electron chi connectivity index (χ0n) is 28.4. The molecule has 0 saturated carbocycles. The van der Waals surface area contributed by atoms with E-state index in [-0.39, 0.29) is 34.5 Å². The summed E-state index contributed by atoms with van der Waals surface area (Å²) in [6, 6.07) is 9.80. The van der Waals surface area contributed by atoms with Gasteiger partial charge in [0.05, 0.1) is 4.90 Å². The molecule has 0 aliphatic heterocycles. The largest absolute Gasteiger partial charge is 1.00 e. The van der Waals surface area contributed by atoms with Gasteiger partial charge in [0.15, 0.2) is 0 Å². The topological polar surface area (TPSA) is 57.2 Å². The monoisotopic (exact) mass is 622 g/mol. The summed E-state index contributed by atoms with van der Waals surface area (Å²) in [6.45, 7) is 4.53. The summed E-state index contributed by atoms with van der Waals surface area (Å²) in [7, 11) is -4.54. The number of benzene rings is 2. The van der Waals surface area contributed by atoms with Crippen molar-refractivity contribution in [1.82, 2.24) is 0 Å². The standard InChI is InChI=1S/C38H64O3S.Na/c1-3-5-7-9-11-13-15-17-19-21-23-25-28-34-32-36-31-27-30-35(38(36)37(33-34)42(39,40)41)29-26-24-22-20-18-16-14-12-10-8-6-4-2;/h27,30-33H,3-26,28-29H2,1-2H3,(H,39,40,41);/q;+1/p-1. The van der Waals surface area contributed by atoms with Gasteiger partial charge in [0.2, 0.25) is 0 Å². The smallest absolute Gasteiger partial charge is 0.744 e. The quantitative estimate of drug-likeness (QED) is 0.0567. The third kappa shape index (κ3) is 18.4. The fraction of sp³-hybridized carbons (Fsp3) is 0.737. The van der Waals surface area contributed by atoms with E-state index in [0.29, 0.717) is 5.39 Å². The van der Waals surface area contributed by atoms with Crippen LogP contribution in [0.2, 0.25) is 0 Å². The first-order valence-electron chi connectivity index (χ1n) is 18.0. The van der Waals surface area contributed by atoms with Crippen LogP contribution in [-0.2, 0) is 23.0 Å². The minimum atomic E-state index is -4.54. The molecule has 3 nitrogen and oxygen atoms in total. The maximum atomic E-state index is 12.3. The molecule has 0 radical (unpaired) electrons. The zero-order valence-corrected chi connectivity index (χ0v) is 31.2. The molecular weight excluding hydrogens is 559 g/mol. The van der Waals surface area contributed by atoms with Gasteiger partial charge in [0.1, 0.15) is 10.1 Å². The Morgan fingerprint density at radius 3 is 1.35 bits per heavy atom. The van der Waals surface area contributed by atoms with Gasteiger partial charge in [-0.25, -0.2) is 8.42 Å². The molecule has 0 unspecified atom stereocenters. The average Bonchev–Trinajstić information content (AvgIpc) is 2.97. The second-order valence-electron chi connectivity index (χ2n) is 12.8. The van der Waals surface area contributed by atoms with Gasteiger partial charge in [-0.05, 0) is 48.3 Å². The Hall–Kier alpha value is -0.390. The van der Waals surface area contributed by atoms with Crippen molar-refractivity contribution in [2.45, 2.75) is 186 Å². The minimum Gasteiger partial charge on any atom is -0.744 e. The van der Waals surface area contributed by atoms with E-state index in [2.05, 4.69) is 19.9 Å². The van der Waals surface area contributed by atoms with E-state index in [9.17, 15) is 13.0 Å². The van der Waals surface area contributed by atoms with E-state index in [1.54, 1.807) is 6.07 Å². The van der Waals surface area contributed by atoms with Crippen molar-refractivity contribution in [3.05, 3.63) is 41.5 Å². The Bertz CT molecular complexity index is 1070. The van der Waals surface area contributed by atoms with Crippen LogP contribution in [0, 0.1) is 0 Å². The molecule has 0 saturated heterocycles. The van der Waals surface area contributed by atoms with Crippen molar-refractivity contribution >= 4 is 20.9 Å². The van der Waals surface area contributed by atoms with Crippen molar-refractivity contribution in [2.75, 3.05) is 0 Å². The Labute approximate surface area is 288 Å². The molecule has 2 rings (SSSR count). The molecule has 0 atom stereocenters. The molecule has 0 fully saturated rings. The average molecular weight is 623 g/mol. The normalized spacial score (nSPS) is 11.7. The van der Waals surface area contributed by atoms with E-state index in [1.165, 1.54) is 128 Å². The first-order valence-corrected chi connectivity index (χ1v) is 19.4.